The first-order valence-corrected chi connectivity index (χ1v) is 11.9. The average Bonchev–Trinajstić information content (AvgIpc) is 3.49. The van der Waals surface area contributed by atoms with Crippen LogP contribution in [0.25, 0.3) is 43.1 Å². The fraction of sp³-hybridized carbons (Fsp3) is 0.152. The van der Waals surface area contributed by atoms with Gasteiger partial charge in [0, 0.05) is 0 Å². The average molecular weight is 547 g/mol. The molecule has 0 N–H and O–H groups in total. The molecule has 0 radical (unpaired) electrons. The molecule has 0 nitrogen and oxygen atoms in total. The maximum atomic E-state index is 3.38. The third-order valence-electron chi connectivity index (χ3n) is 6.17. The van der Waals surface area contributed by atoms with Gasteiger partial charge < -0.3 is 45.1 Å². The van der Waals surface area contributed by atoms with E-state index in [0.717, 1.165) is 19.3 Å². The minimum Gasteiger partial charge on any atom is -1.00 e. The molecule has 0 atom stereocenters. The topological polar surface area (TPSA) is 0 Å². The van der Waals surface area contributed by atoms with Crippen LogP contribution in [-0.4, -0.2) is 0 Å². The van der Waals surface area contributed by atoms with Crippen LogP contribution in [0.2, 0.25) is 0 Å². The Morgan fingerprint density at radius 2 is 0.917 bits per heavy atom. The third kappa shape index (κ3) is 7.02. The van der Waals surface area contributed by atoms with E-state index in [2.05, 4.69) is 125 Å². The van der Waals surface area contributed by atoms with Crippen LogP contribution in [0.15, 0.2) is 97.1 Å². The second kappa shape index (κ2) is 15.2. The molecule has 0 bridgehead atoms. The standard InChI is InChI=1S/2C15H13.C3H6.2ClH.Ti/c2*1-2-11-9-13-8-7-12-5-3-4-6-14(12)15(13)10-11;1-3-2;;;/h2*3-10H,2H2,1H3;1-3H2;2*1H;/q2*-1;-2;;;+2/p-2. The van der Waals surface area contributed by atoms with Crippen molar-refractivity contribution in [2.75, 3.05) is 0 Å². The zero-order valence-electron chi connectivity index (χ0n) is 21.0. The van der Waals surface area contributed by atoms with E-state index in [1.807, 2.05) is 0 Å². The molecule has 0 saturated carbocycles. The van der Waals surface area contributed by atoms with Gasteiger partial charge in [-0.15, -0.1) is 56.9 Å². The van der Waals surface area contributed by atoms with Crippen molar-refractivity contribution in [3.63, 3.8) is 0 Å². The maximum Gasteiger partial charge on any atom is 2.00 e. The van der Waals surface area contributed by atoms with Crippen molar-refractivity contribution in [3.05, 3.63) is 122 Å². The second-order valence-corrected chi connectivity index (χ2v) is 8.37. The summed E-state index contributed by atoms with van der Waals surface area (Å²) in [6.45, 7) is 11.2. The van der Waals surface area contributed by atoms with Gasteiger partial charge in [0.25, 0.3) is 0 Å². The van der Waals surface area contributed by atoms with E-state index < -0.39 is 0 Å². The molecule has 6 rings (SSSR count). The summed E-state index contributed by atoms with van der Waals surface area (Å²) >= 11 is 0. The smallest absolute Gasteiger partial charge is 1.00 e. The van der Waals surface area contributed by atoms with Crippen molar-refractivity contribution in [1.29, 1.82) is 0 Å². The van der Waals surface area contributed by atoms with Crippen LogP contribution in [0.3, 0.4) is 0 Å². The van der Waals surface area contributed by atoms with E-state index in [0.29, 0.717) is 0 Å². The molecular formula is C33H32Cl2Ti-4. The number of rotatable bonds is 2. The van der Waals surface area contributed by atoms with Crippen LogP contribution in [0.5, 0.6) is 0 Å². The summed E-state index contributed by atoms with van der Waals surface area (Å²) in [6.07, 6.45) is 2.98. The van der Waals surface area contributed by atoms with Crippen molar-refractivity contribution in [2.45, 2.75) is 33.1 Å². The summed E-state index contributed by atoms with van der Waals surface area (Å²) in [5.74, 6) is 0. The van der Waals surface area contributed by atoms with Gasteiger partial charge >= 0.3 is 21.7 Å². The van der Waals surface area contributed by atoms with E-state index in [9.17, 15) is 0 Å². The molecule has 186 valence electrons. The summed E-state index contributed by atoms with van der Waals surface area (Å²) < 4.78 is 0. The summed E-state index contributed by atoms with van der Waals surface area (Å²) in [5, 5.41) is 10.9. The number of halogens is 2. The number of aryl methyl sites for hydroxylation is 2. The van der Waals surface area contributed by atoms with Gasteiger partial charge in [-0.3, -0.25) is 0 Å². The van der Waals surface area contributed by atoms with Gasteiger partial charge in [-0.1, -0.05) is 85.3 Å². The molecule has 0 aromatic heterocycles. The Bertz CT molecular complexity index is 1380. The van der Waals surface area contributed by atoms with Crippen molar-refractivity contribution < 1.29 is 46.5 Å². The Morgan fingerprint density at radius 3 is 1.28 bits per heavy atom. The zero-order chi connectivity index (χ0) is 23.2. The fourth-order valence-corrected chi connectivity index (χ4v) is 4.46. The SMILES string of the molecule is CCc1cc2c(ccc3ccccc32)[cH-]1.CCc1cc2c(ccc3ccccc32)[cH-]1.[CH2-]C[CH2-].[Cl-].[Cl-].[Ti+2]. The normalized spacial score (nSPS) is 9.89. The molecule has 0 aliphatic carbocycles. The third-order valence-corrected chi connectivity index (χ3v) is 6.17. The number of benzene rings is 4. The summed E-state index contributed by atoms with van der Waals surface area (Å²) in [5.41, 5.74) is 2.86. The van der Waals surface area contributed by atoms with Crippen LogP contribution >= 0.6 is 0 Å². The van der Waals surface area contributed by atoms with E-state index in [1.165, 1.54) is 54.2 Å². The van der Waals surface area contributed by atoms with Crippen LogP contribution < -0.4 is 24.8 Å². The molecule has 0 aliphatic rings. The molecule has 6 aromatic carbocycles. The number of hydrogen-bond acceptors (Lipinski definition) is 0. The first kappa shape index (κ1) is 31.9. The summed E-state index contributed by atoms with van der Waals surface area (Å²) in [7, 11) is 0. The molecule has 3 heteroatoms. The van der Waals surface area contributed by atoms with Gasteiger partial charge in [0.1, 0.15) is 0 Å². The van der Waals surface area contributed by atoms with Gasteiger partial charge in [-0.25, -0.2) is 0 Å². The Kier molecular flexibility index (Phi) is 13.5. The first-order valence-electron chi connectivity index (χ1n) is 11.9. The van der Waals surface area contributed by atoms with Crippen LogP contribution in [0, 0.1) is 13.8 Å². The minimum atomic E-state index is 0. The molecule has 0 unspecified atom stereocenters. The first-order chi connectivity index (χ1) is 16.2. The molecule has 0 amide bonds. The predicted molar refractivity (Wildman–Crippen MR) is 148 cm³/mol. The molecule has 0 aliphatic heterocycles. The van der Waals surface area contributed by atoms with Gasteiger partial charge in [0.2, 0.25) is 0 Å². The molecule has 0 saturated heterocycles. The van der Waals surface area contributed by atoms with Crippen LogP contribution in [-0.2, 0) is 34.6 Å². The Balaban J connectivity index is 0.000000302. The monoisotopic (exact) mass is 546 g/mol. The second-order valence-electron chi connectivity index (χ2n) is 8.37. The summed E-state index contributed by atoms with van der Waals surface area (Å²) in [4.78, 5) is 0. The molecular weight excluding hydrogens is 515 g/mol. The van der Waals surface area contributed by atoms with Crippen molar-refractivity contribution >= 4 is 43.1 Å². The Morgan fingerprint density at radius 1 is 0.556 bits per heavy atom. The fourth-order valence-electron chi connectivity index (χ4n) is 4.46. The molecule has 6 aromatic rings. The van der Waals surface area contributed by atoms with Gasteiger partial charge in [-0.05, 0) is 23.6 Å². The minimum absolute atomic E-state index is 0. The zero-order valence-corrected chi connectivity index (χ0v) is 24.1. The van der Waals surface area contributed by atoms with E-state index >= 15 is 0 Å². The number of fused-ring (bicyclic) bond motifs is 6. The van der Waals surface area contributed by atoms with Crippen LogP contribution in [0.4, 0.5) is 0 Å². The molecule has 0 spiro atoms. The molecule has 0 heterocycles. The largest absolute Gasteiger partial charge is 2.00 e. The van der Waals surface area contributed by atoms with Crippen molar-refractivity contribution in [2.24, 2.45) is 0 Å². The van der Waals surface area contributed by atoms with E-state index in [4.69, 9.17) is 0 Å². The molecule has 36 heavy (non-hydrogen) atoms. The quantitative estimate of drug-likeness (QED) is 0.230. The Labute approximate surface area is 243 Å². The van der Waals surface area contributed by atoms with Gasteiger partial charge in [0.15, 0.2) is 0 Å². The molecule has 0 fully saturated rings. The van der Waals surface area contributed by atoms with Crippen molar-refractivity contribution in [1.82, 2.24) is 0 Å². The van der Waals surface area contributed by atoms with E-state index in [1.54, 1.807) is 0 Å². The maximum absolute atomic E-state index is 3.38. The van der Waals surface area contributed by atoms with E-state index in [-0.39, 0.29) is 46.5 Å². The summed E-state index contributed by atoms with van der Waals surface area (Å²) in [6, 6.07) is 35.2. The number of hydrogen-bond donors (Lipinski definition) is 0. The van der Waals surface area contributed by atoms with Crippen LogP contribution in [0.1, 0.15) is 31.4 Å². The van der Waals surface area contributed by atoms with Gasteiger partial charge in [0.05, 0.1) is 0 Å². The van der Waals surface area contributed by atoms with Gasteiger partial charge in [-0.2, -0.15) is 12.1 Å². The van der Waals surface area contributed by atoms with Crippen molar-refractivity contribution in [3.8, 4) is 0 Å². The predicted octanol–water partition coefficient (Wildman–Crippen LogP) is 3.60. The Hall–Kier alpha value is -2.09.